The van der Waals surface area contributed by atoms with Gasteiger partial charge in [0.1, 0.15) is 0 Å². The highest BCUT2D eigenvalue weighted by molar-refractivity contribution is 5.95. The van der Waals surface area contributed by atoms with Crippen molar-refractivity contribution in [1.29, 1.82) is 0 Å². The lowest BCUT2D eigenvalue weighted by atomic mass is 10.0. The van der Waals surface area contributed by atoms with Crippen molar-refractivity contribution in [3.8, 4) is 0 Å². The fourth-order valence-electron chi connectivity index (χ4n) is 2.77. The first-order valence-electron chi connectivity index (χ1n) is 8.81. The van der Waals surface area contributed by atoms with E-state index < -0.39 is 0 Å². The van der Waals surface area contributed by atoms with Gasteiger partial charge in [0.2, 0.25) is 5.91 Å². The molecule has 0 fully saturated rings. The van der Waals surface area contributed by atoms with Gasteiger partial charge < -0.3 is 15.5 Å². The minimum atomic E-state index is -0.134. The largest absolute Gasteiger partial charge is 0.350 e. The van der Waals surface area contributed by atoms with Crippen molar-refractivity contribution in [2.75, 3.05) is 26.0 Å². The van der Waals surface area contributed by atoms with E-state index in [2.05, 4.69) is 46.7 Å². The zero-order valence-corrected chi connectivity index (χ0v) is 15.9. The number of benzene rings is 2. The fraction of sp³-hybridized carbons (Fsp3) is 0.333. The minimum Gasteiger partial charge on any atom is -0.350 e. The summed E-state index contributed by atoms with van der Waals surface area (Å²) in [5.74, 6) is -0.262. The Morgan fingerprint density at radius 3 is 2.12 bits per heavy atom. The van der Waals surface area contributed by atoms with Gasteiger partial charge >= 0.3 is 0 Å². The number of carbonyl (C=O) groups is 2. The highest BCUT2D eigenvalue weighted by Gasteiger charge is 2.16. The number of nitrogens with zero attached hydrogens (tertiary/aromatic N) is 1. The van der Waals surface area contributed by atoms with Crippen molar-refractivity contribution in [2.45, 2.75) is 26.3 Å². The Hall–Kier alpha value is -2.66. The average Bonchev–Trinajstić information content (AvgIpc) is 2.62. The third-order valence-electron chi connectivity index (χ3n) is 4.32. The van der Waals surface area contributed by atoms with Gasteiger partial charge in [0.25, 0.3) is 5.91 Å². The summed E-state index contributed by atoms with van der Waals surface area (Å²) in [7, 11) is 4.01. The van der Waals surface area contributed by atoms with E-state index in [0.29, 0.717) is 17.8 Å². The van der Waals surface area contributed by atoms with Gasteiger partial charge in [-0.15, -0.1) is 0 Å². The molecular formula is C21H27N3O2. The van der Waals surface area contributed by atoms with Crippen LogP contribution in [0.3, 0.4) is 0 Å². The summed E-state index contributed by atoms with van der Waals surface area (Å²) in [6.45, 7) is 4.11. The molecule has 2 N–H and O–H groups in total. The Balaban J connectivity index is 2.01. The van der Waals surface area contributed by atoms with Crippen LogP contribution in [0.25, 0.3) is 0 Å². The molecule has 5 nitrogen and oxygen atoms in total. The van der Waals surface area contributed by atoms with Gasteiger partial charge in [-0.1, -0.05) is 31.2 Å². The second-order valence-corrected chi connectivity index (χ2v) is 6.54. The van der Waals surface area contributed by atoms with Crippen LogP contribution in [-0.4, -0.2) is 37.4 Å². The lowest BCUT2D eigenvalue weighted by molar-refractivity contribution is -0.114. The molecule has 0 aliphatic carbocycles. The van der Waals surface area contributed by atoms with Crippen molar-refractivity contribution >= 4 is 17.5 Å². The molecule has 0 aliphatic heterocycles. The summed E-state index contributed by atoms with van der Waals surface area (Å²) in [6, 6.07) is 15.5. The number of carbonyl (C=O) groups excluding carboxylic acids is 2. The first-order chi connectivity index (χ1) is 12.4. The Morgan fingerprint density at radius 2 is 1.62 bits per heavy atom. The van der Waals surface area contributed by atoms with E-state index in [1.54, 1.807) is 24.3 Å². The van der Waals surface area contributed by atoms with E-state index in [0.717, 1.165) is 6.42 Å². The fourth-order valence-corrected chi connectivity index (χ4v) is 2.77. The standard InChI is InChI=1S/C21H27N3O2/c1-5-16-6-8-17(9-7-16)20(24(3)4)14-22-21(26)18-10-12-19(13-11-18)23-15(2)25/h6-13,20H,5,14H2,1-4H3,(H,22,26)(H,23,25). The number of rotatable bonds is 7. The first-order valence-corrected chi connectivity index (χ1v) is 8.81. The summed E-state index contributed by atoms with van der Waals surface area (Å²) in [6.07, 6.45) is 1.01. The Labute approximate surface area is 155 Å². The van der Waals surface area contributed by atoms with Crippen LogP contribution in [0, 0.1) is 0 Å². The van der Waals surface area contributed by atoms with Gasteiger partial charge in [-0.2, -0.15) is 0 Å². The number of hydrogen-bond donors (Lipinski definition) is 2. The molecule has 5 heteroatoms. The summed E-state index contributed by atoms with van der Waals surface area (Å²) in [5, 5.41) is 5.69. The lowest BCUT2D eigenvalue weighted by Gasteiger charge is -2.25. The zero-order chi connectivity index (χ0) is 19.1. The van der Waals surface area contributed by atoms with E-state index >= 15 is 0 Å². The number of anilines is 1. The second kappa shape index (κ2) is 9.15. The summed E-state index contributed by atoms with van der Waals surface area (Å²) in [5.41, 5.74) is 3.72. The van der Waals surface area contributed by atoms with Crippen LogP contribution in [0.5, 0.6) is 0 Å². The molecule has 0 saturated heterocycles. The number of likely N-dealkylation sites (N-methyl/N-ethyl adjacent to an activating group) is 1. The Bertz CT molecular complexity index is 737. The number of amides is 2. The van der Waals surface area contributed by atoms with Crippen molar-refractivity contribution in [1.82, 2.24) is 10.2 Å². The van der Waals surface area contributed by atoms with Crippen LogP contribution in [0.15, 0.2) is 48.5 Å². The SMILES string of the molecule is CCc1ccc(C(CNC(=O)c2ccc(NC(C)=O)cc2)N(C)C)cc1. The number of aryl methyl sites for hydroxylation is 1. The highest BCUT2D eigenvalue weighted by Crippen LogP contribution is 2.18. The van der Waals surface area contributed by atoms with Crippen LogP contribution >= 0.6 is 0 Å². The zero-order valence-electron chi connectivity index (χ0n) is 15.9. The maximum atomic E-state index is 12.4. The molecule has 2 aromatic carbocycles. The van der Waals surface area contributed by atoms with Gasteiger partial charge in [-0.25, -0.2) is 0 Å². The number of nitrogens with one attached hydrogen (secondary N) is 2. The van der Waals surface area contributed by atoms with Crippen LogP contribution in [0.2, 0.25) is 0 Å². The maximum absolute atomic E-state index is 12.4. The quantitative estimate of drug-likeness (QED) is 0.803. The summed E-state index contributed by atoms with van der Waals surface area (Å²) >= 11 is 0. The molecule has 0 spiro atoms. The Kier molecular flexibility index (Phi) is 6.92. The normalized spacial score (nSPS) is 11.9. The predicted octanol–water partition coefficient (Wildman–Crippen LogP) is 3.24. The molecule has 0 aliphatic rings. The van der Waals surface area contributed by atoms with Crippen LogP contribution < -0.4 is 10.6 Å². The van der Waals surface area contributed by atoms with Crippen LogP contribution in [0.1, 0.15) is 41.4 Å². The van der Waals surface area contributed by atoms with E-state index in [-0.39, 0.29) is 17.9 Å². The molecule has 0 aromatic heterocycles. The van der Waals surface area contributed by atoms with Crippen LogP contribution in [0.4, 0.5) is 5.69 Å². The third-order valence-corrected chi connectivity index (χ3v) is 4.32. The third kappa shape index (κ3) is 5.43. The number of hydrogen-bond acceptors (Lipinski definition) is 3. The van der Waals surface area contributed by atoms with E-state index in [1.807, 2.05) is 14.1 Å². The van der Waals surface area contributed by atoms with E-state index in [1.165, 1.54) is 18.1 Å². The molecule has 0 radical (unpaired) electrons. The molecule has 138 valence electrons. The van der Waals surface area contributed by atoms with Gasteiger partial charge in [0.15, 0.2) is 0 Å². The van der Waals surface area contributed by atoms with Gasteiger partial charge in [-0.3, -0.25) is 9.59 Å². The minimum absolute atomic E-state index is 0.100. The monoisotopic (exact) mass is 353 g/mol. The average molecular weight is 353 g/mol. The molecule has 26 heavy (non-hydrogen) atoms. The molecule has 1 atom stereocenters. The van der Waals surface area contributed by atoms with Gasteiger partial charge in [0, 0.05) is 24.7 Å². The predicted molar refractivity (Wildman–Crippen MR) is 105 cm³/mol. The van der Waals surface area contributed by atoms with Gasteiger partial charge in [0.05, 0.1) is 6.04 Å². The molecule has 2 aromatic rings. The Morgan fingerprint density at radius 1 is 1.00 bits per heavy atom. The summed E-state index contributed by atoms with van der Waals surface area (Å²) < 4.78 is 0. The molecule has 1 unspecified atom stereocenters. The summed E-state index contributed by atoms with van der Waals surface area (Å²) in [4.78, 5) is 25.6. The first kappa shape index (κ1) is 19.7. The van der Waals surface area contributed by atoms with Crippen molar-refractivity contribution in [2.24, 2.45) is 0 Å². The smallest absolute Gasteiger partial charge is 0.251 e. The molecule has 2 amide bonds. The van der Waals surface area contributed by atoms with Crippen molar-refractivity contribution in [3.63, 3.8) is 0 Å². The molecule has 0 bridgehead atoms. The van der Waals surface area contributed by atoms with Crippen molar-refractivity contribution in [3.05, 3.63) is 65.2 Å². The van der Waals surface area contributed by atoms with Crippen LogP contribution in [-0.2, 0) is 11.2 Å². The molecule has 2 rings (SSSR count). The molecule has 0 heterocycles. The maximum Gasteiger partial charge on any atom is 0.251 e. The van der Waals surface area contributed by atoms with E-state index in [9.17, 15) is 9.59 Å². The van der Waals surface area contributed by atoms with Gasteiger partial charge in [-0.05, 0) is 55.9 Å². The van der Waals surface area contributed by atoms with Crippen molar-refractivity contribution < 1.29 is 9.59 Å². The lowest BCUT2D eigenvalue weighted by Crippen LogP contribution is -2.34. The molecule has 0 saturated carbocycles. The van der Waals surface area contributed by atoms with E-state index in [4.69, 9.17) is 0 Å². The topological polar surface area (TPSA) is 61.4 Å². The second-order valence-electron chi connectivity index (χ2n) is 6.54. The molecular weight excluding hydrogens is 326 g/mol. The highest BCUT2D eigenvalue weighted by atomic mass is 16.2.